The lowest BCUT2D eigenvalue weighted by Crippen LogP contribution is -2.17. The Bertz CT molecular complexity index is 743. The fourth-order valence-electron chi connectivity index (χ4n) is 1.61. The lowest BCUT2D eigenvalue weighted by Gasteiger charge is -2.08. The van der Waals surface area contributed by atoms with E-state index in [1.165, 1.54) is 12.1 Å². The Morgan fingerprint density at radius 2 is 2.10 bits per heavy atom. The van der Waals surface area contributed by atoms with Gasteiger partial charge in [-0.25, -0.2) is 8.42 Å². The number of nitrogens with one attached hydrogen (secondary N) is 1. The van der Waals surface area contributed by atoms with Crippen molar-refractivity contribution in [2.75, 3.05) is 16.8 Å². The van der Waals surface area contributed by atoms with Crippen molar-refractivity contribution >= 4 is 50.1 Å². The summed E-state index contributed by atoms with van der Waals surface area (Å²) in [5, 5.41) is 4.56. The van der Waals surface area contributed by atoms with Crippen molar-refractivity contribution in [2.45, 2.75) is 10.6 Å². The summed E-state index contributed by atoms with van der Waals surface area (Å²) >= 11 is 7.07. The van der Waals surface area contributed by atoms with Crippen LogP contribution in [0.15, 0.2) is 39.9 Å². The topological polar surface area (TPSA) is 89.3 Å². The Labute approximate surface area is 131 Å². The van der Waals surface area contributed by atoms with E-state index < -0.39 is 15.7 Å². The number of carbonyl (C=O) groups excluding carboxylic acids is 1. The van der Waals surface area contributed by atoms with E-state index in [-0.39, 0.29) is 16.4 Å². The van der Waals surface area contributed by atoms with Crippen molar-refractivity contribution in [3.63, 3.8) is 0 Å². The van der Waals surface area contributed by atoms with Crippen LogP contribution in [0, 0.1) is 0 Å². The molecule has 21 heavy (non-hydrogen) atoms. The Morgan fingerprint density at radius 1 is 1.33 bits per heavy atom. The summed E-state index contributed by atoms with van der Waals surface area (Å²) in [7, 11) is -3.42. The number of anilines is 2. The molecule has 0 radical (unpaired) electrons. The molecule has 0 aliphatic carbocycles. The molecule has 1 amide bonds. The number of hydrogen-bond acceptors (Lipinski definition) is 5. The molecule has 0 fully saturated rings. The molecule has 0 unspecified atom stereocenters. The predicted molar refractivity (Wildman–Crippen MR) is 85.5 cm³/mol. The van der Waals surface area contributed by atoms with E-state index in [1.54, 1.807) is 23.6 Å². The van der Waals surface area contributed by atoms with Crippen LogP contribution >= 0.6 is 22.9 Å². The normalized spacial score (nSPS) is 11.3. The van der Waals surface area contributed by atoms with Crippen LogP contribution in [0.4, 0.5) is 11.4 Å². The monoisotopic (exact) mass is 344 g/mol. The molecular formula is C13H13ClN2O3S2. The number of halogens is 1. The first-order valence-electron chi connectivity index (χ1n) is 5.99. The van der Waals surface area contributed by atoms with Crippen LogP contribution < -0.4 is 11.1 Å². The highest BCUT2D eigenvalue weighted by Crippen LogP contribution is 2.24. The van der Waals surface area contributed by atoms with Crippen LogP contribution in [0.5, 0.6) is 0 Å². The highest BCUT2D eigenvalue weighted by atomic mass is 35.5. The average molecular weight is 345 g/mol. The number of benzene rings is 1. The molecule has 0 aliphatic heterocycles. The van der Waals surface area contributed by atoms with Gasteiger partial charge in [0.25, 0.3) is 0 Å². The summed E-state index contributed by atoms with van der Waals surface area (Å²) in [6, 6.07) is 7.87. The Morgan fingerprint density at radius 3 is 2.71 bits per heavy atom. The van der Waals surface area contributed by atoms with E-state index in [0.29, 0.717) is 16.4 Å². The van der Waals surface area contributed by atoms with Crippen LogP contribution in [0.1, 0.15) is 6.42 Å². The number of carbonyl (C=O) groups is 1. The fraction of sp³-hybridized carbons (Fsp3) is 0.154. The Kier molecular flexibility index (Phi) is 4.87. The van der Waals surface area contributed by atoms with Gasteiger partial charge in [-0.2, -0.15) is 0 Å². The molecule has 0 saturated carbocycles. The number of nitrogens with two attached hydrogens (primary N) is 1. The SMILES string of the molecule is Nc1ccc(NC(=O)CCS(=O)(=O)c2cccs2)c(Cl)c1. The molecule has 2 aromatic rings. The first-order valence-corrected chi connectivity index (χ1v) is 8.90. The molecule has 1 aromatic heterocycles. The van der Waals surface area contributed by atoms with Gasteiger partial charge in [0, 0.05) is 12.1 Å². The van der Waals surface area contributed by atoms with Crippen LogP contribution in [-0.4, -0.2) is 20.1 Å². The van der Waals surface area contributed by atoms with Gasteiger partial charge in [-0.3, -0.25) is 4.79 Å². The third kappa shape index (κ3) is 4.20. The molecule has 1 aromatic carbocycles. The number of amides is 1. The summed E-state index contributed by atoms with van der Waals surface area (Å²) in [6.07, 6.45) is -0.138. The summed E-state index contributed by atoms with van der Waals surface area (Å²) in [6.45, 7) is 0. The second-order valence-electron chi connectivity index (χ2n) is 4.29. The Hall–Kier alpha value is -1.57. The van der Waals surface area contributed by atoms with Gasteiger partial charge in [0.1, 0.15) is 4.21 Å². The van der Waals surface area contributed by atoms with Crippen molar-refractivity contribution in [1.82, 2.24) is 0 Å². The molecule has 0 spiro atoms. The van der Waals surface area contributed by atoms with Crippen molar-refractivity contribution < 1.29 is 13.2 Å². The smallest absolute Gasteiger partial charge is 0.225 e. The van der Waals surface area contributed by atoms with Gasteiger partial charge >= 0.3 is 0 Å². The van der Waals surface area contributed by atoms with Crippen LogP contribution in [0.3, 0.4) is 0 Å². The number of nitrogen functional groups attached to an aromatic ring is 1. The van der Waals surface area contributed by atoms with Gasteiger partial charge in [-0.1, -0.05) is 17.7 Å². The third-order valence-electron chi connectivity index (χ3n) is 2.67. The maximum atomic E-state index is 11.9. The summed E-state index contributed by atoms with van der Waals surface area (Å²) in [5.74, 6) is -0.659. The molecule has 112 valence electrons. The second kappa shape index (κ2) is 6.46. The van der Waals surface area contributed by atoms with Gasteiger partial charge in [-0.15, -0.1) is 11.3 Å². The zero-order valence-electron chi connectivity index (χ0n) is 10.9. The van der Waals surface area contributed by atoms with Crippen molar-refractivity contribution in [1.29, 1.82) is 0 Å². The maximum Gasteiger partial charge on any atom is 0.225 e. The Balaban J connectivity index is 1.97. The number of thiophene rings is 1. The van der Waals surface area contributed by atoms with E-state index >= 15 is 0 Å². The summed E-state index contributed by atoms with van der Waals surface area (Å²) in [5.41, 5.74) is 6.44. The minimum absolute atomic E-state index is 0.138. The molecular weight excluding hydrogens is 332 g/mol. The van der Waals surface area contributed by atoms with Crippen molar-refractivity contribution in [2.24, 2.45) is 0 Å². The predicted octanol–water partition coefficient (Wildman–Crippen LogP) is 2.79. The first-order chi connectivity index (χ1) is 9.88. The van der Waals surface area contributed by atoms with E-state index in [0.717, 1.165) is 11.3 Å². The van der Waals surface area contributed by atoms with E-state index in [1.807, 2.05) is 0 Å². The summed E-state index contributed by atoms with van der Waals surface area (Å²) in [4.78, 5) is 11.8. The highest BCUT2D eigenvalue weighted by molar-refractivity contribution is 7.93. The standard InChI is InChI=1S/C13H13ClN2O3S2/c14-10-8-9(15)3-4-11(10)16-12(17)5-7-21(18,19)13-2-1-6-20-13/h1-4,6,8H,5,7,15H2,(H,16,17). The second-order valence-corrected chi connectivity index (χ2v) is 7.98. The molecule has 8 heteroatoms. The maximum absolute atomic E-state index is 11.9. The quantitative estimate of drug-likeness (QED) is 0.816. The minimum Gasteiger partial charge on any atom is -0.399 e. The molecule has 1 heterocycles. The molecule has 0 bridgehead atoms. The van der Waals surface area contributed by atoms with Gasteiger partial charge in [-0.05, 0) is 29.6 Å². The van der Waals surface area contributed by atoms with Crippen LogP contribution in [0.2, 0.25) is 5.02 Å². The molecule has 0 atom stereocenters. The molecule has 2 rings (SSSR count). The van der Waals surface area contributed by atoms with Gasteiger partial charge < -0.3 is 11.1 Å². The largest absolute Gasteiger partial charge is 0.399 e. The molecule has 5 nitrogen and oxygen atoms in total. The molecule has 0 aliphatic rings. The van der Waals surface area contributed by atoms with Crippen LogP contribution in [0.25, 0.3) is 0 Å². The van der Waals surface area contributed by atoms with E-state index in [9.17, 15) is 13.2 Å². The van der Waals surface area contributed by atoms with Crippen molar-refractivity contribution in [3.8, 4) is 0 Å². The zero-order chi connectivity index (χ0) is 15.5. The van der Waals surface area contributed by atoms with Crippen LogP contribution in [-0.2, 0) is 14.6 Å². The lowest BCUT2D eigenvalue weighted by atomic mass is 10.3. The highest BCUT2D eigenvalue weighted by Gasteiger charge is 2.17. The fourth-order valence-corrected chi connectivity index (χ4v) is 4.24. The molecule has 0 saturated heterocycles. The lowest BCUT2D eigenvalue weighted by molar-refractivity contribution is -0.115. The van der Waals surface area contributed by atoms with Gasteiger partial charge in [0.2, 0.25) is 5.91 Å². The molecule has 3 N–H and O–H groups in total. The minimum atomic E-state index is -3.42. The van der Waals surface area contributed by atoms with Gasteiger partial charge in [0.15, 0.2) is 9.84 Å². The van der Waals surface area contributed by atoms with Gasteiger partial charge in [0.05, 0.1) is 16.5 Å². The summed E-state index contributed by atoms with van der Waals surface area (Å²) < 4.78 is 24.2. The zero-order valence-corrected chi connectivity index (χ0v) is 13.3. The number of sulfone groups is 1. The average Bonchev–Trinajstić information content (AvgIpc) is 2.95. The first kappa shape index (κ1) is 15.8. The number of rotatable bonds is 5. The van der Waals surface area contributed by atoms with E-state index in [4.69, 9.17) is 17.3 Å². The van der Waals surface area contributed by atoms with E-state index in [2.05, 4.69) is 5.32 Å². The number of hydrogen-bond donors (Lipinski definition) is 2. The third-order valence-corrected chi connectivity index (χ3v) is 6.18. The van der Waals surface area contributed by atoms with Crippen molar-refractivity contribution in [3.05, 3.63) is 40.7 Å².